The monoisotopic (exact) mass is 384 g/mol. The summed E-state index contributed by atoms with van der Waals surface area (Å²) in [4.78, 5) is 12.3. The van der Waals surface area contributed by atoms with E-state index in [0.29, 0.717) is 0 Å². The van der Waals surface area contributed by atoms with Crippen LogP contribution in [0.2, 0.25) is 0 Å². The molecule has 0 aliphatic heterocycles. The number of rotatable bonds is 5. The maximum atomic E-state index is 4.83. The Kier molecular flexibility index (Phi) is 5.44. The number of thioether (sulfide) groups is 2. The first kappa shape index (κ1) is 17.1. The van der Waals surface area contributed by atoms with Crippen LogP contribution < -0.4 is 0 Å². The molecule has 0 spiro atoms. The fraction of sp³-hybridized carbons (Fsp3) is 0.300. The van der Waals surface area contributed by atoms with E-state index in [1.165, 1.54) is 51.9 Å². The fourth-order valence-corrected chi connectivity index (χ4v) is 5.85. The smallest absolute Gasteiger partial charge is 0.189 e. The van der Waals surface area contributed by atoms with Crippen LogP contribution in [0.15, 0.2) is 46.6 Å². The van der Waals surface area contributed by atoms with E-state index in [9.17, 15) is 0 Å². The molecule has 0 amide bonds. The molecule has 2 nitrogen and oxygen atoms in total. The van der Waals surface area contributed by atoms with Crippen LogP contribution in [0.1, 0.15) is 28.8 Å². The molecule has 0 atom stereocenters. The summed E-state index contributed by atoms with van der Waals surface area (Å²) in [6.07, 6.45) is 11.5. The Hall–Kier alpha value is -1.30. The quantitative estimate of drug-likeness (QED) is 0.302. The van der Waals surface area contributed by atoms with Crippen LogP contribution >= 0.6 is 34.9 Å². The maximum absolute atomic E-state index is 4.83. The molecule has 4 rings (SSSR count). The van der Waals surface area contributed by atoms with Crippen LogP contribution in [0, 0.1) is 0 Å². The SMILES string of the molecule is CSc1nc(SCC=Cc2ccccc2)c2c3c(sc2n1)CCCC3. The van der Waals surface area contributed by atoms with Gasteiger partial charge in [0.05, 0.1) is 0 Å². The minimum absolute atomic E-state index is 0.889. The van der Waals surface area contributed by atoms with Gasteiger partial charge < -0.3 is 0 Å². The number of aromatic nitrogens is 2. The third kappa shape index (κ3) is 3.78. The predicted molar refractivity (Wildman–Crippen MR) is 112 cm³/mol. The average molecular weight is 385 g/mol. The molecule has 1 aromatic carbocycles. The highest BCUT2D eigenvalue weighted by Crippen LogP contribution is 2.40. The molecule has 128 valence electrons. The van der Waals surface area contributed by atoms with Gasteiger partial charge in [-0.3, -0.25) is 0 Å². The zero-order valence-corrected chi connectivity index (χ0v) is 16.6. The summed E-state index contributed by atoms with van der Waals surface area (Å²) in [6.45, 7) is 0. The van der Waals surface area contributed by atoms with Crippen molar-refractivity contribution < 1.29 is 0 Å². The Morgan fingerprint density at radius 1 is 1.12 bits per heavy atom. The molecule has 0 N–H and O–H groups in total. The second-order valence-corrected chi connectivity index (χ2v) is 8.90. The number of hydrogen-bond donors (Lipinski definition) is 0. The van der Waals surface area contributed by atoms with Gasteiger partial charge in [-0.2, -0.15) is 0 Å². The lowest BCUT2D eigenvalue weighted by Gasteiger charge is -2.11. The van der Waals surface area contributed by atoms with E-state index in [-0.39, 0.29) is 0 Å². The molecular weight excluding hydrogens is 364 g/mol. The first-order valence-electron chi connectivity index (χ1n) is 8.56. The van der Waals surface area contributed by atoms with Crippen LogP contribution in [-0.4, -0.2) is 22.0 Å². The summed E-state index contributed by atoms with van der Waals surface area (Å²) in [5.74, 6) is 0.930. The molecule has 2 aromatic heterocycles. The van der Waals surface area contributed by atoms with Crippen LogP contribution in [0.25, 0.3) is 16.3 Å². The molecule has 1 aliphatic carbocycles. The van der Waals surface area contributed by atoms with Crippen molar-refractivity contribution in [1.29, 1.82) is 0 Å². The third-order valence-electron chi connectivity index (χ3n) is 4.37. The first-order chi connectivity index (χ1) is 12.3. The van der Waals surface area contributed by atoms with Gasteiger partial charge >= 0.3 is 0 Å². The Labute approximate surface area is 161 Å². The molecule has 2 heterocycles. The zero-order valence-electron chi connectivity index (χ0n) is 14.2. The molecule has 3 aromatic rings. The summed E-state index contributed by atoms with van der Waals surface area (Å²) >= 11 is 5.35. The third-order valence-corrected chi connectivity index (χ3v) is 7.03. The van der Waals surface area contributed by atoms with Gasteiger partial charge in [-0.25, -0.2) is 9.97 Å². The molecule has 1 aliphatic rings. The van der Waals surface area contributed by atoms with E-state index in [2.05, 4.69) is 42.7 Å². The number of nitrogens with zero attached hydrogens (tertiary/aromatic N) is 2. The number of aryl methyl sites for hydroxylation is 2. The number of hydrogen-bond acceptors (Lipinski definition) is 5. The van der Waals surface area contributed by atoms with Gasteiger partial charge in [-0.05, 0) is 43.1 Å². The van der Waals surface area contributed by atoms with E-state index in [1.54, 1.807) is 11.8 Å². The molecule has 0 unspecified atom stereocenters. The predicted octanol–water partition coefficient (Wildman–Crippen LogP) is 6.10. The van der Waals surface area contributed by atoms with Crippen molar-refractivity contribution in [3.05, 3.63) is 52.4 Å². The standard InChI is InChI=1S/C20H20N2S3/c1-23-20-21-18(24-13-7-10-14-8-3-2-4-9-14)17-15-11-5-6-12-16(15)25-19(17)22-20/h2-4,7-10H,5-6,11-13H2,1H3. The van der Waals surface area contributed by atoms with Gasteiger partial charge in [0.25, 0.3) is 0 Å². The molecule has 0 radical (unpaired) electrons. The van der Waals surface area contributed by atoms with E-state index in [4.69, 9.17) is 9.97 Å². The number of benzene rings is 1. The molecule has 0 saturated heterocycles. The van der Waals surface area contributed by atoms with Crippen LogP contribution in [-0.2, 0) is 12.8 Å². The lowest BCUT2D eigenvalue weighted by Crippen LogP contribution is -1.99. The van der Waals surface area contributed by atoms with Crippen LogP contribution in [0.3, 0.4) is 0 Å². The summed E-state index contributed by atoms with van der Waals surface area (Å²) in [5.41, 5.74) is 2.77. The van der Waals surface area contributed by atoms with Gasteiger partial charge in [0.1, 0.15) is 9.86 Å². The van der Waals surface area contributed by atoms with Gasteiger partial charge in [0, 0.05) is 16.0 Å². The average Bonchev–Trinajstić information content (AvgIpc) is 3.04. The van der Waals surface area contributed by atoms with Crippen LogP contribution in [0.5, 0.6) is 0 Å². The number of fused-ring (bicyclic) bond motifs is 3. The Balaban J connectivity index is 1.61. The van der Waals surface area contributed by atoms with Crippen molar-refractivity contribution in [1.82, 2.24) is 9.97 Å². The van der Waals surface area contributed by atoms with E-state index in [0.717, 1.165) is 15.9 Å². The van der Waals surface area contributed by atoms with Gasteiger partial charge in [-0.15, -0.1) is 23.1 Å². The second kappa shape index (κ2) is 7.94. The van der Waals surface area contributed by atoms with Gasteiger partial charge in [-0.1, -0.05) is 54.2 Å². The van der Waals surface area contributed by atoms with Crippen molar-refractivity contribution in [3.8, 4) is 0 Å². The van der Waals surface area contributed by atoms with Crippen molar-refractivity contribution in [2.75, 3.05) is 12.0 Å². The molecule has 0 saturated carbocycles. The van der Waals surface area contributed by atoms with Crippen molar-refractivity contribution in [3.63, 3.8) is 0 Å². The van der Waals surface area contributed by atoms with Gasteiger partial charge in [0.15, 0.2) is 5.16 Å². The Morgan fingerprint density at radius 3 is 2.80 bits per heavy atom. The van der Waals surface area contributed by atoms with E-state index in [1.807, 2.05) is 29.2 Å². The minimum atomic E-state index is 0.889. The van der Waals surface area contributed by atoms with E-state index >= 15 is 0 Å². The topological polar surface area (TPSA) is 25.8 Å². The summed E-state index contributed by atoms with van der Waals surface area (Å²) in [7, 11) is 0. The van der Waals surface area contributed by atoms with E-state index < -0.39 is 0 Å². The highest BCUT2D eigenvalue weighted by molar-refractivity contribution is 7.99. The second-order valence-electron chi connectivity index (χ2n) is 6.03. The summed E-state index contributed by atoms with van der Waals surface area (Å²) < 4.78 is 0. The molecule has 0 fully saturated rings. The largest absolute Gasteiger partial charge is 0.215 e. The normalized spacial score (nSPS) is 14.3. The Bertz CT molecular complexity index is 900. The molecular formula is C20H20N2S3. The minimum Gasteiger partial charge on any atom is -0.215 e. The summed E-state index contributed by atoms with van der Waals surface area (Å²) in [6, 6.07) is 10.5. The fourth-order valence-electron chi connectivity index (χ4n) is 3.18. The van der Waals surface area contributed by atoms with Crippen molar-refractivity contribution >= 4 is 51.2 Å². The molecule has 0 bridgehead atoms. The molecule has 5 heteroatoms. The summed E-state index contributed by atoms with van der Waals surface area (Å²) in [5, 5.41) is 3.38. The number of thiophene rings is 1. The lowest BCUT2D eigenvalue weighted by molar-refractivity contribution is 0.699. The van der Waals surface area contributed by atoms with Crippen LogP contribution in [0.4, 0.5) is 0 Å². The Morgan fingerprint density at radius 2 is 1.96 bits per heavy atom. The van der Waals surface area contributed by atoms with Gasteiger partial charge in [0.2, 0.25) is 0 Å². The highest BCUT2D eigenvalue weighted by Gasteiger charge is 2.21. The lowest BCUT2D eigenvalue weighted by atomic mass is 9.97. The van der Waals surface area contributed by atoms with Crippen molar-refractivity contribution in [2.45, 2.75) is 35.9 Å². The zero-order chi connectivity index (χ0) is 17.1. The maximum Gasteiger partial charge on any atom is 0.189 e. The first-order valence-corrected chi connectivity index (χ1v) is 11.6. The molecule has 25 heavy (non-hydrogen) atoms. The van der Waals surface area contributed by atoms with Crippen molar-refractivity contribution in [2.24, 2.45) is 0 Å². The highest BCUT2D eigenvalue weighted by atomic mass is 32.2.